The zero-order valence-corrected chi connectivity index (χ0v) is 12.9. The van der Waals surface area contributed by atoms with Gasteiger partial charge in [0, 0.05) is 17.8 Å². The van der Waals surface area contributed by atoms with Gasteiger partial charge in [0.2, 0.25) is 0 Å². The molecule has 1 aliphatic heterocycles. The predicted molar refractivity (Wildman–Crippen MR) is 81.1 cm³/mol. The maximum Gasteiger partial charge on any atom is 0.340 e. The molecule has 2 rings (SSSR count). The molecule has 1 aromatic carbocycles. The first-order chi connectivity index (χ1) is 10.5. The fourth-order valence-corrected chi connectivity index (χ4v) is 2.47. The van der Waals surface area contributed by atoms with Crippen molar-refractivity contribution in [3.05, 3.63) is 52.5 Å². The number of allylic oxidation sites excluding steroid dienone is 1. The summed E-state index contributed by atoms with van der Waals surface area (Å²) in [6.45, 7) is 4.14. The molecule has 0 saturated heterocycles. The number of nitrogens with zero attached hydrogens (tertiary/aromatic N) is 1. The number of amides is 1. The zero-order chi connectivity index (χ0) is 16.3. The van der Waals surface area contributed by atoms with Gasteiger partial charge in [-0.2, -0.15) is 0 Å². The molecule has 0 saturated carbocycles. The molecule has 0 bridgehead atoms. The Balaban J connectivity index is 2.55. The van der Waals surface area contributed by atoms with Crippen LogP contribution in [0.5, 0.6) is 0 Å². The van der Waals surface area contributed by atoms with Gasteiger partial charge < -0.3 is 9.64 Å². The number of carbonyl (C=O) groups excluding carboxylic acids is 2. The van der Waals surface area contributed by atoms with Gasteiger partial charge >= 0.3 is 5.97 Å². The molecule has 0 radical (unpaired) electrons. The lowest BCUT2D eigenvalue weighted by molar-refractivity contribution is -0.136. The summed E-state index contributed by atoms with van der Waals surface area (Å²) in [6, 6.07) is 6.11. The highest BCUT2D eigenvalue weighted by Crippen LogP contribution is 2.31. The van der Waals surface area contributed by atoms with Crippen LogP contribution < -0.4 is 0 Å². The van der Waals surface area contributed by atoms with Crippen LogP contribution in [0.25, 0.3) is 6.08 Å². The first kappa shape index (κ1) is 15.9. The van der Waals surface area contributed by atoms with Crippen molar-refractivity contribution in [2.75, 3.05) is 13.7 Å². The summed E-state index contributed by atoms with van der Waals surface area (Å²) >= 11 is 0. The van der Waals surface area contributed by atoms with Crippen LogP contribution in [0.4, 0.5) is 4.39 Å². The summed E-state index contributed by atoms with van der Waals surface area (Å²) in [7, 11) is 1.26. The average Bonchev–Trinajstić information content (AvgIpc) is 2.74. The summed E-state index contributed by atoms with van der Waals surface area (Å²) < 4.78 is 18.6. The second-order valence-electron chi connectivity index (χ2n) is 4.99. The molecule has 0 atom stereocenters. The van der Waals surface area contributed by atoms with Gasteiger partial charge in [0.25, 0.3) is 5.91 Å². The highest BCUT2D eigenvalue weighted by molar-refractivity contribution is 6.16. The largest absolute Gasteiger partial charge is 0.465 e. The van der Waals surface area contributed by atoms with Crippen molar-refractivity contribution in [3.63, 3.8) is 0 Å². The lowest BCUT2D eigenvalue weighted by Gasteiger charge is -2.16. The maximum absolute atomic E-state index is 13.8. The summed E-state index contributed by atoms with van der Waals surface area (Å²) in [4.78, 5) is 26.1. The Labute approximate surface area is 128 Å². The standard InChI is InChI=1S/C17H18FNO3/c1-4-9-19-11(2)15(17(21)22-3)13(16(19)20)10-12-7-5-6-8-14(12)18/h5-8,10H,4,9H2,1-3H3/b13-10-. The second kappa shape index (κ2) is 6.56. The molecule has 1 aromatic rings. The Morgan fingerprint density at radius 3 is 2.64 bits per heavy atom. The van der Waals surface area contributed by atoms with Gasteiger partial charge in [-0.1, -0.05) is 25.1 Å². The smallest absolute Gasteiger partial charge is 0.340 e. The van der Waals surface area contributed by atoms with E-state index in [-0.39, 0.29) is 22.6 Å². The van der Waals surface area contributed by atoms with Crippen LogP contribution in [-0.2, 0) is 14.3 Å². The third-order valence-corrected chi connectivity index (χ3v) is 3.55. The van der Waals surface area contributed by atoms with Crippen molar-refractivity contribution in [2.45, 2.75) is 20.3 Å². The van der Waals surface area contributed by atoms with E-state index in [0.29, 0.717) is 12.2 Å². The third-order valence-electron chi connectivity index (χ3n) is 3.55. The molecule has 116 valence electrons. The fraction of sp³-hybridized carbons (Fsp3) is 0.294. The van der Waals surface area contributed by atoms with Gasteiger partial charge in [-0.3, -0.25) is 4.79 Å². The molecule has 1 aliphatic rings. The number of esters is 1. The van der Waals surface area contributed by atoms with E-state index in [1.165, 1.54) is 24.2 Å². The van der Waals surface area contributed by atoms with E-state index < -0.39 is 11.8 Å². The number of halogens is 1. The molecule has 5 heteroatoms. The van der Waals surface area contributed by atoms with Gasteiger partial charge in [0.15, 0.2) is 0 Å². The highest BCUT2D eigenvalue weighted by Gasteiger charge is 2.36. The lowest BCUT2D eigenvalue weighted by atomic mass is 10.0. The molecule has 0 unspecified atom stereocenters. The van der Waals surface area contributed by atoms with Crippen molar-refractivity contribution in [3.8, 4) is 0 Å². The molecular formula is C17H18FNO3. The summed E-state index contributed by atoms with van der Waals surface area (Å²) in [6.07, 6.45) is 2.16. The van der Waals surface area contributed by atoms with Crippen molar-refractivity contribution in [2.24, 2.45) is 0 Å². The van der Waals surface area contributed by atoms with Crippen molar-refractivity contribution < 1.29 is 18.7 Å². The van der Waals surface area contributed by atoms with Crippen LogP contribution in [0.15, 0.2) is 41.1 Å². The average molecular weight is 303 g/mol. The molecule has 1 heterocycles. The quantitative estimate of drug-likeness (QED) is 0.634. The Morgan fingerprint density at radius 2 is 2.05 bits per heavy atom. The Bertz CT molecular complexity index is 676. The van der Waals surface area contributed by atoms with Crippen LogP contribution in [0.2, 0.25) is 0 Å². The molecular weight excluding hydrogens is 285 g/mol. The molecule has 0 aromatic heterocycles. The van der Waals surface area contributed by atoms with E-state index >= 15 is 0 Å². The summed E-state index contributed by atoms with van der Waals surface area (Å²) in [5, 5.41) is 0. The van der Waals surface area contributed by atoms with Crippen molar-refractivity contribution in [1.82, 2.24) is 4.90 Å². The maximum atomic E-state index is 13.8. The number of carbonyl (C=O) groups is 2. The topological polar surface area (TPSA) is 46.6 Å². The normalized spacial score (nSPS) is 16.6. The molecule has 0 N–H and O–H groups in total. The predicted octanol–water partition coefficient (Wildman–Crippen LogP) is 2.91. The molecule has 0 fully saturated rings. The number of hydrogen-bond acceptors (Lipinski definition) is 3. The van der Waals surface area contributed by atoms with Gasteiger partial charge in [0.05, 0.1) is 18.3 Å². The van der Waals surface area contributed by atoms with Crippen LogP contribution in [-0.4, -0.2) is 30.4 Å². The zero-order valence-electron chi connectivity index (χ0n) is 12.9. The van der Waals surface area contributed by atoms with E-state index in [9.17, 15) is 14.0 Å². The third kappa shape index (κ3) is 2.79. The minimum atomic E-state index is -0.591. The van der Waals surface area contributed by atoms with E-state index in [2.05, 4.69) is 0 Å². The van der Waals surface area contributed by atoms with Gasteiger partial charge in [-0.05, 0) is 25.5 Å². The number of hydrogen-bond donors (Lipinski definition) is 0. The Hall–Kier alpha value is -2.43. The second-order valence-corrected chi connectivity index (χ2v) is 4.99. The van der Waals surface area contributed by atoms with E-state index in [1.807, 2.05) is 6.92 Å². The van der Waals surface area contributed by atoms with E-state index in [0.717, 1.165) is 6.42 Å². The van der Waals surface area contributed by atoms with Crippen molar-refractivity contribution >= 4 is 18.0 Å². The van der Waals surface area contributed by atoms with Crippen LogP contribution in [0.3, 0.4) is 0 Å². The molecule has 0 aliphatic carbocycles. The molecule has 1 amide bonds. The van der Waals surface area contributed by atoms with E-state index in [1.54, 1.807) is 25.1 Å². The molecule has 0 spiro atoms. The monoisotopic (exact) mass is 303 g/mol. The van der Waals surface area contributed by atoms with Gasteiger partial charge in [0.1, 0.15) is 5.82 Å². The summed E-state index contributed by atoms with van der Waals surface area (Å²) in [5.74, 6) is -1.34. The van der Waals surface area contributed by atoms with Crippen LogP contribution in [0.1, 0.15) is 25.8 Å². The highest BCUT2D eigenvalue weighted by atomic mass is 19.1. The summed E-state index contributed by atoms with van der Waals surface area (Å²) in [5.41, 5.74) is 1.17. The lowest BCUT2D eigenvalue weighted by Crippen LogP contribution is -2.25. The first-order valence-electron chi connectivity index (χ1n) is 7.08. The number of rotatable bonds is 4. The molecule has 22 heavy (non-hydrogen) atoms. The van der Waals surface area contributed by atoms with Gasteiger partial charge in [-0.25, -0.2) is 9.18 Å². The van der Waals surface area contributed by atoms with Crippen molar-refractivity contribution in [1.29, 1.82) is 0 Å². The van der Waals surface area contributed by atoms with Crippen LogP contribution in [0, 0.1) is 5.82 Å². The minimum Gasteiger partial charge on any atom is -0.465 e. The number of ether oxygens (including phenoxy) is 1. The Kier molecular flexibility index (Phi) is 4.75. The fourth-order valence-electron chi connectivity index (χ4n) is 2.47. The van der Waals surface area contributed by atoms with Crippen LogP contribution >= 0.6 is 0 Å². The number of benzene rings is 1. The number of methoxy groups -OCH3 is 1. The molecule has 4 nitrogen and oxygen atoms in total. The van der Waals surface area contributed by atoms with Gasteiger partial charge in [-0.15, -0.1) is 0 Å². The Morgan fingerprint density at radius 1 is 1.36 bits per heavy atom. The van der Waals surface area contributed by atoms with E-state index in [4.69, 9.17) is 4.74 Å². The first-order valence-corrected chi connectivity index (χ1v) is 7.08. The minimum absolute atomic E-state index is 0.169. The SMILES string of the molecule is CCCN1C(=O)/C(=C\c2ccccc2F)C(C(=O)OC)=C1C.